The zero-order valence-electron chi connectivity index (χ0n) is 16.5. The molecule has 1 aliphatic heterocycles. The Kier molecular flexibility index (Phi) is 6.07. The van der Waals surface area contributed by atoms with Gasteiger partial charge >= 0.3 is 0 Å². The molecule has 0 aromatic heterocycles. The van der Waals surface area contributed by atoms with E-state index < -0.39 is 4.92 Å². The third-order valence-corrected chi connectivity index (χ3v) is 5.05. The molecular formula is C22H23N3O4. The van der Waals surface area contributed by atoms with Gasteiger partial charge in [0.2, 0.25) is 11.8 Å². The SMILES string of the molecule is CC(=O)N1CCN(C(=O)C=Cc2cccc([N+](=O)[O-])c2-c2ccc(C)cc2)CC1. The van der Waals surface area contributed by atoms with Gasteiger partial charge in [-0.25, -0.2) is 0 Å². The molecule has 0 atom stereocenters. The second-order valence-corrected chi connectivity index (χ2v) is 7.03. The van der Waals surface area contributed by atoms with Crippen molar-refractivity contribution >= 4 is 23.6 Å². The van der Waals surface area contributed by atoms with Crippen molar-refractivity contribution in [2.75, 3.05) is 26.2 Å². The van der Waals surface area contributed by atoms with Crippen LogP contribution in [0.5, 0.6) is 0 Å². The molecule has 150 valence electrons. The maximum absolute atomic E-state index is 12.6. The number of hydrogen-bond acceptors (Lipinski definition) is 4. The summed E-state index contributed by atoms with van der Waals surface area (Å²) in [5.41, 5.74) is 2.88. The van der Waals surface area contributed by atoms with Crippen LogP contribution in [0.15, 0.2) is 48.5 Å². The van der Waals surface area contributed by atoms with Crippen LogP contribution in [0.1, 0.15) is 18.1 Å². The maximum Gasteiger partial charge on any atom is 0.277 e. The molecular weight excluding hydrogens is 370 g/mol. The summed E-state index contributed by atoms with van der Waals surface area (Å²) >= 11 is 0. The molecule has 0 aliphatic carbocycles. The zero-order chi connectivity index (χ0) is 21.0. The average Bonchev–Trinajstić information content (AvgIpc) is 2.72. The van der Waals surface area contributed by atoms with Crippen molar-refractivity contribution in [3.63, 3.8) is 0 Å². The predicted molar refractivity (Wildman–Crippen MR) is 111 cm³/mol. The molecule has 1 heterocycles. The van der Waals surface area contributed by atoms with E-state index >= 15 is 0 Å². The molecule has 2 amide bonds. The number of piperazine rings is 1. The van der Waals surface area contributed by atoms with E-state index in [-0.39, 0.29) is 17.5 Å². The Labute approximate surface area is 169 Å². The van der Waals surface area contributed by atoms with Crippen LogP contribution >= 0.6 is 0 Å². The van der Waals surface area contributed by atoms with Gasteiger partial charge in [-0.1, -0.05) is 42.0 Å². The Hall–Kier alpha value is -3.48. The smallest absolute Gasteiger partial charge is 0.277 e. The Morgan fingerprint density at radius 3 is 2.21 bits per heavy atom. The van der Waals surface area contributed by atoms with E-state index in [1.54, 1.807) is 28.0 Å². The van der Waals surface area contributed by atoms with Gasteiger partial charge in [-0.3, -0.25) is 19.7 Å². The Balaban J connectivity index is 1.86. The Morgan fingerprint density at radius 2 is 1.62 bits per heavy atom. The van der Waals surface area contributed by atoms with Crippen molar-refractivity contribution in [2.45, 2.75) is 13.8 Å². The van der Waals surface area contributed by atoms with Crippen LogP contribution < -0.4 is 0 Å². The molecule has 0 spiro atoms. The first kappa shape index (κ1) is 20.3. The second-order valence-electron chi connectivity index (χ2n) is 7.03. The van der Waals surface area contributed by atoms with Crippen molar-refractivity contribution in [3.05, 3.63) is 69.8 Å². The van der Waals surface area contributed by atoms with Gasteiger partial charge in [0, 0.05) is 45.2 Å². The summed E-state index contributed by atoms with van der Waals surface area (Å²) in [6.45, 7) is 5.45. The molecule has 0 N–H and O–H groups in total. The third-order valence-electron chi connectivity index (χ3n) is 5.05. The highest BCUT2D eigenvalue weighted by Crippen LogP contribution is 2.34. The van der Waals surface area contributed by atoms with Crippen molar-refractivity contribution in [3.8, 4) is 11.1 Å². The molecule has 0 saturated carbocycles. The quantitative estimate of drug-likeness (QED) is 0.453. The molecule has 1 fully saturated rings. The Morgan fingerprint density at radius 1 is 1.00 bits per heavy atom. The second kappa shape index (κ2) is 8.68. The van der Waals surface area contributed by atoms with E-state index in [9.17, 15) is 19.7 Å². The number of benzene rings is 2. The normalized spacial score (nSPS) is 14.3. The largest absolute Gasteiger partial charge is 0.339 e. The highest BCUT2D eigenvalue weighted by Gasteiger charge is 2.22. The van der Waals surface area contributed by atoms with Crippen molar-refractivity contribution < 1.29 is 14.5 Å². The van der Waals surface area contributed by atoms with Crippen molar-refractivity contribution in [2.24, 2.45) is 0 Å². The number of nitro groups is 1. The van der Waals surface area contributed by atoms with E-state index in [2.05, 4.69) is 0 Å². The molecule has 1 saturated heterocycles. The highest BCUT2D eigenvalue weighted by molar-refractivity contribution is 5.94. The molecule has 29 heavy (non-hydrogen) atoms. The van der Waals surface area contributed by atoms with Crippen LogP contribution in [-0.4, -0.2) is 52.7 Å². The topological polar surface area (TPSA) is 83.8 Å². The van der Waals surface area contributed by atoms with E-state index in [1.165, 1.54) is 19.1 Å². The van der Waals surface area contributed by atoms with Crippen LogP contribution in [0.3, 0.4) is 0 Å². The van der Waals surface area contributed by atoms with Crippen molar-refractivity contribution in [1.29, 1.82) is 0 Å². The molecule has 2 aromatic carbocycles. The third kappa shape index (κ3) is 4.68. The van der Waals surface area contributed by atoms with Crippen molar-refractivity contribution in [1.82, 2.24) is 9.80 Å². The van der Waals surface area contributed by atoms with E-state index in [0.717, 1.165) is 11.1 Å². The number of nitro benzene ring substituents is 1. The summed E-state index contributed by atoms with van der Waals surface area (Å²) in [4.78, 5) is 38.5. The van der Waals surface area contributed by atoms with Gasteiger partial charge in [0.15, 0.2) is 0 Å². The van der Waals surface area contributed by atoms with E-state index in [4.69, 9.17) is 0 Å². The predicted octanol–water partition coefficient (Wildman–Crippen LogP) is 3.27. The van der Waals surface area contributed by atoms with Gasteiger partial charge in [-0.2, -0.15) is 0 Å². The van der Waals surface area contributed by atoms with Crippen LogP contribution in [-0.2, 0) is 9.59 Å². The first-order valence-corrected chi connectivity index (χ1v) is 9.44. The van der Waals surface area contributed by atoms with Gasteiger partial charge in [0.05, 0.1) is 10.5 Å². The fraction of sp³-hybridized carbons (Fsp3) is 0.273. The number of carbonyl (C=O) groups excluding carboxylic acids is 2. The van der Waals surface area contributed by atoms with Gasteiger partial charge in [-0.05, 0) is 24.1 Å². The number of nitrogens with zero attached hydrogens (tertiary/aromatic N) is 3. The van der Waals surface area contributed by atoms with Gasteiger partial charge in [0.25, 0.3) is 5.69 Å². The number of rotatable bonds is 4. The van der Waals surface area contributed by atoms with Crippen LogP contribution in [0.2, 0.25) is 0 Å². The fourth-order valence-electron chi connectivity index (χ4n) is 3.39. The van der Waals surface area contributed by atoms with E-state index in [0.29, 0.717) is 37.3 Å². The molecule has 1 aliphatic rings. The lowest BCUT2D eigenvalue weighted by Crippen LogP contribution is -2.49. The molecule has 0 radical (unpaired) electrons. The molecule has 0 unspecified atom stereocenters. The van der Waals surface area contributed by atoms with Crippen LogP contribution in [0.4, 0.5) is 5.69 Å². The minimum absolute atomic E-state index is 0.00137. The molecule has 2 aromatic rings. The van der Waals surface area contributed by atoms with Gasteiger partial charge in [0.1, 0.15) is 0 Å². The van der Waals surface area contributed by atoms with E-state index in [1.807, 2.05) is 31.2 Å². The number of hydrogen-bond donors (Lipinski definition) is 0. The summed E-state index contributed by atoms with van der Waals surface area (Å²) in [7, 11) is 0. The zero-order valence-corrected chi connectivity index (χ0v) is 16.5. The van der Waals surface area contributed by atoms with Gasteiger partial charge in [-0.15, -0.1) is 0 Å². The summed E-state index contributed by atoms with van der Waals surface area (Å²) in [6, 6.07) is 12.3. The molecule has 0 bridgehead atoms. The van der Waals surface area contributed by atoms with Crippen LogP contribution in [0, 0.1) is 17.0 Å². The number of carbonyl (C=O) groups is 2. The standard InChI is InChI=1S/C22H23N3O4/c1-16-6-8-19(9-7-16)22-18(4-3-5-20(22)25(28)29)10-11-21(27)24-14-12-23(13-15-24)17(2)26/h3-11H,12-15H2,1-2H3. The first-order valence-electron chi connectivity index (χ1n) is 9.44. The lowest BCUT2D eigenvalue weighted by molar-refractivity contribution is -0.384. The monoisotopic (exact) mass is 393 g/mol. The number of aryl methyl sites for hydroxylation is 1. The summed E-state index contributed by atoms with van der Waals surface area (Å²) < 4.78 is 0. The molecule has 3 rings (SSSR count). The minimum Gasteiger partial charge on any atom is -0.339 e. The average molecular weight is 393 g/mol. The highest BCUT2D eigenvalue weighted by atomic mass is 16.6. The Bertz CT molecular complexity index is 959. The summed E-state index contributed by atoms with van der Waals surface area (Å²) in [5, 5.41) is 11.6. The lowest BCUT2D eigenvalue weighted by atomic mass is 9.96. The number of amides is 2. The van der Waals surface area contributed by atoms with Gasteiger partial charge < -0.3 is 9.80 Å². The maximum atomic E-state index is 12.6. The lowest BCUT2D eigenvalue weighted by Gasteiger charge is -2.33. The fourth-order valence-corrected chi connectivity index (χ4v) is 3.39. The summed E-state index contributed by atoms with van der Waals surface area (Å²) in [6.07, 6.45) is 3.07. The molecule has 7 nitrogen and oxygen atoms in total. The van der Waals surface area contributed by atoms with Crippen LogP contribution in [0.25, 0.3) is 17.2 Å². The molecule has 7 heteroatoms. The first-order chi connectivity index (χ1) is 13.9. The summed E-state index contributed by atoms with van der Waals surface area (Å²) in [5.74, 6) is -0.165. The minimum atomic E-state index is -0.407.